The number of aromatic nitrogens is 3. The van der Waals surface area contributed by atoms with E-state index in [0.29, 0.717) is 11.4 Å². The van der Waals surface area contributed by atoms with Gasteiger partial charge in [0.05, 0.1) is 16.9 Å². The highest BCUT2D eigenvalue weighted by Crippen LogP contribution is 2.22. The zero-order valence-electron chi connectivity index (χ0n) is 16.9. The van der Waals surface area contributed by atoms with Crippen LogP contribution in [0.15, 0.2) is 66.9 Å². The third-order valence-electron chi connectivity index (χ3n) is 4.60. The first-order valence-electron chi connectivity index (χ1n) is 9.80. The van der Waals surface area contributed by atoms with Crippen molar-refractivity contribution in [2.45, 2.75) is 13.3 Å². The number of nitrogens with zero attached hydrogens (tertiary/aromatic N) is 2. The molecule has 0 saturated carbocycles. The summed E-state index contributed by atoms with van der Waals surface area (Å²) in [6.45, 7) is 1.94. The van der Waals surface area contributed by atoms with Crippen molar-refractivity contribution in [1.29, 1.82) is 0 Å². The molecule has 2 heterocycles. The lowest BCUT2D eigenvalue weighted by Gasteiger charge is -2.07. The van der Waals surface area contributed by atoms with Gasteiger partial charge >= 0.3 is 0 Å². The van der Waals surface area contributed by atoms with Gasteiger partial charge in [-0.3, -0.25) is 19.7 Å². The normalized spacial score (nSPS) is 11.0. The number of aromatic amines is 1. The van der Waals surface area contributed by atoms with Gasteiger partial charge in [-0.25, -0.2) is 0 Å². The largest absolute Gasteiger partial charge is 0.326 e. The van der Waals surface area contributed by atoms with Crippen molar-refractivity contribution in [3.63, 3.8) is 0 Å². The number of carbonyl (C=O) groups excluding carboxylic acids is 2. The maximum Gasteiger partial charge on any atom is 0.233 e. The van der Waals surface area contributed by atoms with E-state index in [9.17, 15) is 9.59 Å². The molecule has 0 saturated heterocycles. The third-order valence-corrected chi connectivity index (χ3v) is 4.60. The fourth-order valence-corrected chi connectivity index (χ4v) is 3.16. The van der Waals surface area contributed by atoms with E-state index < -0.39 is 0 Å². The van der Waals surface area contributed by atoms with Gasteiger partial charge in [0.2, 0.25) is 11.8 Å². The number of benzene rings is 2. The van der Waals surface area contributed by atoms with Gasteiger partial charge in [-0.05, 0) is 67.1 Å². The summed E-state index contributed by atoms with van der Waals surface area (Å²) < 4.78 is 0. The van der Waals surface area contributed by atoms with Crippen molar-refractivity contribution in [3.05, 3.63) is 83.8 Å². The van der Waals surface area contributed by atoms with Crippen LogP contribution in [0.25, 0.3) is 23.1 Å². The molecule has 7 heteroatoms. The van der Waals surface area contributed by atoms with Crippen molar-refractivity contribution in [2.24, 2.45) is 0 Å². The Morgan fingerprint density at radius 1 is 0.935 bits per heavy atom. The number of rotatable bonds is 6. The number of hydrogen-bond acceptors (Lipinski definition) is 4. The molecule has 0 atom stereocenters. The van der Waals surface area contributed by atoms with E-state index in [0.717, 1.165) is 27.9 Å². The molecule has 154 valence electrons. The Morgan fingerprint density at radius 3 is 2.48 bits per heavy atom. The minimum atomic E-state index is -0.390. The molecule has 0 aliphatic carbocycles. The first kappa shape index (κ1) is 20.0. The molecule has 0 unspecified atom stereocenters. The Morgan fingerprint density at radius 2 is 1.74 bits per heavy atom. The van der Waals surface area contributed by atoms with Gasteiger partial charge in [-0.1, -0.05) is 18.2 Å². The van der Waals surface area contributed by atoms with E-state index in [-0.39, 0.29) is 18.2 Å². The van der Waals surface area contributed by atoms with Crippen LogP contribution in [0.1, 0.15) is 23.4 Å². The number of anilines is 2. The van der Waals surface area contributed by atoms with Crippen molar-refractivity contribution in [2.75, 3.05) is 10.6 Å². The average molecular weight is 411 g/mol. The van der Waals surface area contributed by atoms with E-state index in [1.165, 1.54) is 0 Å². The number of aryl methyl sites for hydroxylation is 1. The number of fused-ring (bicyclic) bond motifs is 1. The molecular weight excluding hydrogens is 390 g/mol. The zero-order valence-corrected chi connectivity index (χ0v) is 16.9. The standard InChI is InChI=1S/C24H21N5O2/c1-16-5-4-7-18(13-16)26-23(30)15-24(31)27-19-8-10-20-21(28-29-22(20)14-19)11-9-17-6-2-3-12-25-17/h2-14H,15H2,1H3,(H,26,30)(H,27,31)(H,28,29). The SMILES string of the molecule is Cc1cccc(NC(=O)CC(=O)Nc2ccc3c(C=Cc4ccccn4)n[nH]c3c2)c1. The fourth-order valence-electron chi connectivity index (χ4n) is 3.16. The summed E-state index contributed by atoms with van der Waals surface area (Å²) in [5, 5.41) is 13.7. The van der Waals surface area contributed by atoms with Gasteiger partial charge < -0.3 is 10.6 Å². The fraction of sp³-hybridized carbons (Fsp3) is 0.0833. The van der Waals surface area contributed by atoms with Crippen LogP contribution in [0, 0.1) is 6.92 Å². The molecule has 0 aliphatic rings. The van der Waals surface area contributed by atoms with Gasteiger partial charge in [0.25, 0.3) is 0 Å². The summed E-state index contributed by atoms with van der Waals surface area (Å²) in [5.74, 6) is -0.757. The Kier molecular flexibility index (Phi) is 5.84. The molecule has 2 amide bonds. The molecule has 4 rings (SSSR count). The summed E-state index contributed by atoms with van der Waals surface area (Å²) >= 11 is 0. The van der Waals surface area contributed by atoms with E-state index in [2.05, 4.69) is 25.8 Å². The number of nitrogens with one attached hydrogen (secondary N) is 3. The second-order valence-electron chi connectivity index (χ2n) is 7.10. The minimum Gasteiger partial charge on any atom is -0.326 e. The number of H-pyrrole nitrogens is 1. The van der Waals surface area contributed by atoms with Gasteiger partial charge in [-0.15, -0.1) is 0 Å². The smallest absolute Gasteiger partial charge is 0.233 e. The maximum absolute atomic E-state index is 12.3. The molecule has 0 spiro atoms. The molecule has 2 aromatic heterocycles. The second-order valence-corrected chi connectivity index (χ2v) is 7.10. The lowest BCUT2D eigenvalue weighted by Crippen LogP contribution is -2.21. The molecule has 0 fully saturated rings. The molecule has 0 radical (unpaired) electrons. The molecule has 7 nitrogen and oxygen atoms in total. The lowest BCUT2D eigenvalue weighted by atomic mass is 10.1. The summed E-state index contributed by atoms with van der Waals surface area (Å²) in [6.07, 6.45) is 5.23. The second kappa shape index (κ2) is 9.04. The van der Waals surface area contributed by atoms with Crippen molar-refractivity contribution < 1.29 is 9.59 Å². The summed E-state index contributed by atoms with van der Waals surface area (Å²) in [4.78, 5) is 28.6. The Bertz CT molecular complexity index is 1260. The van der Waals surface area contributed by atoms with Gasteiger partial charge in [0, 0.05) is 23.0 Å². The van der Waals surface area contributed by atoms with Crippen LogP contribution in [-0.4, -0.2) is 27.0 Å². The number of carbonyl (C=O) groups is 2. The Balaban J connectivity index is 1.39. The highest BCUT2D eigenvalue weighted by atomic mass is 16.2. The molecular formula is C24H21N5O2. The molecule has 0 aliphatic heterocycles. The Hall–Kier alpha value is -4.26. The van der Waals surface area contributed by atoms with Crippen LogP contribution in [0.2, 0.25) is 0 Å². The molecule has 3 N–H and O–H groups in total. The van der Waals surface area contributed by atoms with Crippen LogP contribution in [-0.2, 0) is 9.59 Å². The topological polar surface area (TPSA) is 99.8 Å². The number of amides is 2. The van der Waals surface area contributed by atoms with E-state index in [1.807, 2.05) is 61.5 Å². The van der Waals surface area contributed by atoms with Gasteiger partial charge in [-0.2, -0.15) is 5.10 Å². The summed E-state index contributed by atoms with van der Waals surface area (Å²) in [7, 11) is 0. The first-order valence-corrected chi connectivity index (χ1v) is 9.80. The summed E-state index contributed by atoms with van der Waals surface area (Å²) in [6, 6.07) is 18.6. The Labute approximate surface area is 179 Å². The zero-order chi connectivity index (χ0) is 21.6. The lowest BCUT2D eigenvalue weighted by molar-refractivity contribution is -0.123. The first-order chi connectivity index (χ1) is 15.1. The van der Waals surface area contributed by atoms with E-state index in [1.54, 1.807) is 24.4 Å². The molecule has 4 aromatic rings. The van der Waals surface area contributed by atoms with Crippen LogP contribution >= 0.6 is 0 Å². The van der Waals surface area contributed by atoms with Crippen molar-refractivity contribution in [1.82, 2.24) is 15.2 Å². The number of pyridine rings is 1. The quantitative estimate of drug-likeness (QED) is 0.409. The maximum atomic E-state index is 12.3. The predicted octanol–water partition coefficient (Wildman–Crippen LogP) is 4.40. The van der Waals surface area contributed by atoms with Crippen molar-refractivity contribution >= 4 is 46.2 Å². The van der Waals surface area contributed by atoms with Crippen molar-refractivity contribution in [3.8, 4) is 0 Å². The third kappa shape index (κ3) is 5.22. The van der Waals surface area contributed by atoms with E-state index in [4.69, 9.17) is 0 Å². The van der Waals surface area contributed by atoms with Gasteiger partial charge in [0.1, 0.15) is 6.42 Å². The molecule has 0 bridgehead atoms. The number of hydrogen-bond donors (Lipinski definition) is 3. The van der Waals surface area contributed by atoms with Gasteiger partial charge in [0.15, 0.2) is 0 Å². The average Bonchev–Trinajstić information content (AvgIpc) is 3.15. The van der Waals surface area contributed by atoms with E-state index >= 15 is 0 Å². The monoisotopic (exact) mass is 411 g/mol. The van der Waals surface area contributed by atoms with Crippen LogP contribution < -0.4 is 10.6 Å². The highest BCUT2D eigenvalue weighted by Gasteiger charge is 2.11. The summed E-state index contributed by atoms with van der Waals surface area (Å²) in [5.41, 5.74) is 4.68. The molecule has 31 heavy (non-hydrogen) atoms. The van der Waals surface area contributed by atoms with Crippen LogP contribution in [0.5, 0.6) is 0 Å². The highest BCUT2D eigenvalue weighted by molar-refractivity contribution is 6.08. The van der Waals surface area contributed by atoms with Crippen LogP contribution in [0.4, 0.5) is 11.4 Å². The predicted molar refractivity (Wildman–Crippen MR) is 122 cm³/mol. The minimum absolute atomic E-state index is 0.271. The van der Waals surface area contributed by atoms with Crippen LogP contribution in [0.3, 0.4) is 0 Å². The molecule has 2 aromatic carbocycles.